The van der Waals surface area contributed by atoms with Crippen molar-refractivity contribution in [3.05, 3.63) is 0 Å². The molecule has 0 saturated carbocycles. The van der Waals surface area contributed by atoms with Crippen molar-refractivity contribution in [1.82, 2.24) is 20.4 Å². The van der Waals surface area contributed by atoms with Gasteiger partial charge in [-0.1, -0.05) is 6.92 Å². The lowest BCUT2D eigenvalue weighted by molar-refractivity contribution is -0.121. The number of hydrogen-bond donors (Lipinski definition) is 2. The van der Waals surface area contributed by atoms with Crippen LogP contribution in [0.3, 0.4) is 0 Å². The van der Waals surface area contributed by atoms with Gasteiger partial charge in [0.2, 0.25) is 5.91 Å². The van der Waals surface area contributed by atoms with Crippen LogP contribution in [0.15, 0.2) is 4.99 Å². The Balaban J connectivity index is 1.65. The number of aliphatic imine (C=N–C) groups is 1. The third kappa shape index (κ3) is 6.49. The molecule has 0 aromatic carbocycles. The van der Waals surface area contributed by atoms with E-state index in [0.717, 1.165) is 44.4 Å². The Kier molecular flexibility index (Phi) is 8.52. The fraction of sp³-hybridized carbons (Fsp3) is 0.895. The average molecular weight is 352 g/mol. The molecule has 0 spiro atoms. The number of amides is 1. The van der Waals surface area contributed by atoms with Crippen molar-refractivity contribution in [1.29, 1.82) is 0 Å². The van der Waals surface area contributed by atoms with Crippen LogP contribution in [0.1, 0.15) is 45.4 Å². The molecule has 0 aromatic rings. The van der Waals surface area contributed by atoms with Gasteiger partial charge in [-0.3, -0.25) is 9.79 Å². The van der Waals surface area contributed by atoms with E-state index >= 15 is 0 Å². The molecule has 0 atom stereocenters. The molecule has 0 bridgehead atoms. The zero-order valence-corrected chi connectivity index (χ0v) is 16.4. The van der Waals surface area contributed by atoms with Crippen molar-refractivity contribution < 1.29 is 4.79 Å². The number of likely N-dealkylation sites (tertiary alicyclic amines) is 2. The average Bonchev–Trinajstić information content (AvgIpc) is 2.66. The second kappa shape index (κ2) is 10.6. The maximum absolute atomic E-state index is 11.5. The van der Waals surface area contributed by atoms with Crippen molar-refractivity contribution in [2.24, 2.45) is 16.8 Å². The van der Waals surface area contributed by atoms with Crippen molar-refractivity contribution >= 4 is 11.9 Å². The van der Waals surface area contributed by atoms with Gasteiger partial charge in [-0.05, 0) is 63.6 Å². The van der Waals surface area contributed by atoms with E-state index in [1.807, 2.05) is 7.05 Å². The summed E-state index contributed by atoms with van der Waals surface area (Å²) in [7, 11) is 3.59. The van der Waals surface area contributed by atoms with E-state index in [2.05, 4.69) is 32.3 Å². The Morgan fingerprint density at radius 2 is 1.72 bits per heavy atom. The third-order valence-corrected chi connectivity index (χ3v) is 5.87. The fourth-order valence-corrected chi connectivity index (χ4v) is 4.02. The van der Waals surface area contributed by atoms with Crippen LogP contribution in [0.25, 0.3) is 0 Å². The van der Waals surface area contributed by atoms with Crippen LogP contribution in [0.2, 0.25) is 0 Å². The highest BCUT2D eigenvalue weighted by atomic mass is 16.1. The summed E-state index contributed by atoms with van der Waals surface area (Å²) in [5.74, 6) is 2.56. The summed E-state index contributed by atoms with van der Waals surface area (Å²) in [5, 5.41) is 6.29. The Morgan fingerprint density at radius 1 is 1.08 bits per heavy atom. The van der Waals surface area contributed by atoms with Gasteiger partial charge < -0.3 is 20.4 Å². The molecule has 144 valence electrons. The molecule has 6 nitrogen and oxygen atoms in total. The number of nitrogens with one attached hydrogen (secondary N) is 2. The Morgan fingerprint density at radius 3 is 2.28 bits per heavy atom. The lowest BCUT2D eigenvalue weighted by Crippen LogP contribution is -2.46. The number of hydrogen-bond acceptors (Lipinski definition) is 3. The quantitative estimate of drug-likeness (QED) is 0.563. The summed E-state index contributed by atoms with van der Waals surface area (Å²) < 4.78 is 0. The minimum atomic E-state index is 0.162. The highest BCUT2D eigenvalue weighted by Gasteiger charge is 2.23. The first-order chi connectivity index (χ1) is 12.2. The molecule has 1 amide bonds. The Bertz CT molecular complexity index is 424. The van der Waals surface area contributed by atoms with Gasteiger partial charge in [0, 0.05) is 40.2 Å². The first-order valence-corrected chi connectivity index (χ1v) is 10.0. The molecule has 0 aliphatic carbocycles. The molecule has 25 heavy (non-hydrogen) atoms. The highest BCUT2D eigenvalue weighted by Crippen LogP contribution is 2.21. The molecule has 6 heteroatoms. The second-order valence-electron chi connectivity index (χ2n) is 7.45. The molecule has 2 saturated heterocycles. The summed E-state index contributed by atoms with van der Waals surface area (Å²) in [4.78, 5) is 20.9. The maximum Gasteiger partial charge on any atom is 0.220 e. The number of carbonyl (C=O) groups excluding carboxylic acids is 1. The van der Waals surface area contributed by atoms with Crippen LogP contribution >= 0.6 is 0 Å². The number of guanidine groups is 1. The monoisotopic (exact) mass is 351 g/mol. The standard InChI is InChI=1S/C19H37N5O/c1-4-23-11-6-16(7-12-23)5-10-22-19(21-3)24-13-8-17(9-14-24)15-18(25)20-2/h16-17H,4-15H2,1-3H3,(H,20,25)(H,21,22). The highest BCUT2D eigenvalue weighted by molar-refractivity contribution is 5.80. The van der Waals surface area contributed by atoms with Gasteiger partial charge in [-0.25, -0.2) is 0 Å². The zero-order chi connectivity index (χ0) is 18.1. The van der Waals surface area contributed by atoms with E-state index in [1.165, 1.54) is 38.9 Å². The summed E-state index contributed by atoms with van der Waals surface area (Å²) in [6.45, 7) is 8.97. The largest absolute Gasteiger partial charge is 0.359 e. The number of rotatable bonds is 6. The number of carbonyl (C=O) groups is 1. The normalized spacial score (nSPS) is 21.4. The van der Waals surface area contributed by atoms with E-state index in [9.17, 15) is 4.79 Å². The second-order valence-corrected chi connectivity index (χ2v) is 7.45. The topological polar surface area (TPSA) is 60.0 Å². The lowest BCUT2D eigenvalue weighted by atomic mass is 9.93. The molecule has 0 aromatic heterocycles. The smallest absolute Gasteiger partial charge is 0.220 e. The minimum absolute atomic E-state index is 0.162. The molecule has 2 N–H and O–H groups in total. The lowest BCUT2D eigenvalue weighted by Gasteiger charge is -2.34. The SMILES string of the molecule is CCN1CCC(CCNC(=NC)N2CCC(CC(=O)NC)CC2)CC1. The van der Waals surface area contributed by atoms with E-state index in [0.29, 0.717) is 12.3 Å². The Hall–Kier alpha value is -1.30. The van der Waals surface area contributed by atoms with Gasteiger partial charge in [0.05, 0.1) is 0 Å². The minimum Gasteiger partial charge on any atom is -0.359 e. The molecular formula is C19H37N5O. The molecule has 0 radical (unpaired) electrons. The van der Waals surface area contributed by atoms with Crippen molar-refractivity contribution in [3.63, 3.8) is 0 Å². The summed E-state index contributed by atoms with van der Waals surface area (Å²) in [6, 6.07) is 0. The van der Waals surface area contributed by atoms with E-state index in [-0.39, 0.29) is 5.91 Å². The van der Waals surface area contributed by atoms with Crippen LogP contribution in [-0.2, 0) is 4.79 Å². The molecule has 2 aliphatic rings. The third-order valence-electron chi connectivity index (χ3n) is 5.87. The molecule has 2 rings (SSSR count). The Labute approximate surface area is 153 Å². The first kappa shape index (κ1) is 20.0. The molecule has 2 heterocycles. The van der Waals surface area contributed by atoms with Gasteiger partial charge in [0.25, 0.3) is 0 Å². The summed E-state index contributed by atoms with van der Waals surface area (Å²) >= 11 is 0. The summed E-state index contributed by atoms with van der Waals surface area (Å²) in [6.07, 6.45) is 6.71. The van der Waals surface area contributed by atoms with Crippen molar-refractivity contribution in [2.45, 2.75) is 45.4 Å². The zero-order valence-electron chi connectivity index (χ0n) is 16.4. The van der Waals surface area contributed by atoms with Gasteiger partial charge in [0.1, 0.15) is 0 Å². The number of nitrogens with zero attached hydrogens (tertiary/aromatic N) is 3. The van der Waals surface area contributed by atoms with Gasteiger partial charge in [0.15, 0.2) is 5.96 Å². The van der Waals surface area contributed by atoms with Crippen LogP contribution in [-0.4, -0.2) is 75.0 Å². The van der Waals surface area contributed by atoms with Crippen LogP contribution in [0, 0.1) is 11.8 Å². The van der Waals surface area contributed by atoms with E-state index < -0.39 is 0 Å². The summed E-state index contributed by atoms with van der Waals surface area (Å²) in [5.41, 5.74) is 0. The fourth-order valence-electron chi connectivity index (χ4n) is 4.02. The van der Waals surface area contributed by atoms with Gasteiger partial charge >= 0.3 is 0 Å². The van der Waals surface area contributed by atoms with E-state index in [4.69, 9.17) is 0 Å². The van der Waals surface area contributed by atoms with Crippen molar-refractivity contribution in [3.8, 4) is 0 Å². The predicted molar refractivity (Wildman–Crippen MR) is 104 cm³/mol. The first-order valence-electron chi connectivity index (χ1n) is 10.0. The molecule has 0 unspecified atom stereocenters. The van der Waals surface area contributed by atoms with Crippen LogP contribution in [0.4, 0.5) is 0 Å². The van der Waals surface area contributed by atoms with Gasteiger partial charge in [-0.15, -0.1) is 0 Å². The molecule has 2 aliphatic heterocycles. The van der Waals surface area contributed by atoms with E-state index in [1.54, 1.807) is 7.05 Å². The predicted octanol–water partition coefficient (Wildman–Crippen LogP) is 1.53. The number of piperidine rings is 2. The van der Waals surface area contributed by atoms with Gasteiger partial charge in [-0.2, -0.15) is 0 Å². The van der Waals surface area contributed by atoms with Crippen LogP contribution < -0.4 is 10.6 Å². The molecular weight excluding hydrogens is 314 g/mol. The maximum atomic E-state index is 11.5. The van der Waals surface area contributed by atoms with Crippen molar-refractivity contribution in [2.75, 3.05) is 53.4 Å². The molecule has 2 fully saturated rings. The van der Waals surface area contributed by atoms with Crippen LogP contribution in [0.5, 0.6) is 0 Å².